The van der Waals surface area contributed by atoms with Crippen LogP contribution in [0.4, 0.5) is 0 Å². The first kappa shape index (κ1) is 13.6. The second-order valence-electron chi connectivity index (χ2n) is 4.68. The zero-order chi connectivity index (χ0) is 13.7. The van der Waals surface area contributed by atoms with E-state index in [2.05, 4.69) is 37.4 Å². The van der Waals surface area contributed by atoms with Crippen molar-refractivity contribution in [3.8, 4) is 11.5 Å². The minimum Gasteiger partial charge on any atom is -0.457 e. The molecule has 0 aliphatic heterocycles. The number of benzene rings is 2. The van der Waals surface area contributed by atoms with E-state index in [1.165, 1.54) is 16.7 Å². The van der Waals surface area contributed by atoms with Crippen molar-refractivity contribution in [2.24, 2.45) is 0 Å². The van der Waals surface area contributed by atoms with Crippen LogP contribution >= 0.6 is 0 Å². The summed E-state index contributed by atoms with van der Waals surface area (Å²) < 4.78 is 5.99. The van der Waals surface area contributed by atoms with Gasteiger partial charge in [0.15, 0.2) is 0 Å². The fraction of sp³-hybridized carbons (Fsp3) is 0.294. The van der Waals surface area contributed by atoms with Crippen LogP contribution in [0.15, 0.2) is 42.5 Å². The number of nitrogens with one attached hydrogen (secondary N) is 1. The molecule has 0 unspecified atom stereocenters. The van der Waals surface area contributed by atoms with Gasteiger partial charge in [0.25, 0.3) is 0 Å². The summed E-state index contributed by atoms with van der Waals surface area (Å²) in [5.74, 6) is 1.85. The number of rotatable bonds is 5. The molecule has 100 valence electrons. The van der Waals surface area contributed by atoms with Gasteiger partial charge in [0.1, 0.15) is 11.5 Å². The summed E-state index contributed by atoms with van der Waals surface area (Å²) in [4.78, 5) is 0. The molecule has 2 aromatic rings. The quantitative estimate of drug-likeness (QED) is 0.869. The molecule has 0 bridgehead atoms. The Bertz CT molecular complexity index is 549. The molecular formula is C17H21NO. The zero-order valence-electron chi connectivity index (χ0n) is 11.9. The largest absolute Gasteiger partial charge is 0.457 e. The summed E-state index contributed by atoms with van der Waals surface area (Å²) in [6.07, 6.45) is 0.979. The summed E-state index contributed by atoms with van der Waals surface area (Å²) in [6.45, 7) is 5.15. The van der Waals surface area contributed by atoms with Gasteiger partial charge in [-0.15, -0.1) is 0 Å². The fourth-order valence-electron chi connectivity index (χ4n) is 2.14. The summed E-state index contributed by atoms with van der Waals surface area (Å²) in [6, 6.07) is 14.4. The topological polar surface area (TPSA) is 21.3 Å². The lowest BCUT2D eigenvalue weighted by molar-refractivity contribution is 0.476. The highest BCUT2D eigenvalue weighted by atomic mass is 16.5. The molecular weight excluding hydrogens is 234 g/mol. The average molecular weight is 255 g/mol. The Balaban J connectivity index is 2.21. The third-order valence-electron chi connectivity index (χ3n) is 3.26. The van der Waals surface area contributed by atoms with Crippen LogP contribution in [-0.4, -0.2) is 7.05 Å². The summed E-state index contributed by atoms with van der Waals surface area (Å²) in [5.41, 5.74) is 3.79. The van der Waals surface area contributed by atoms with E-state index in [1.54, 1.807) is 0 Å². The van der Waals surface area contributed by atoms with Crippen LogP contribution in [0.5, 0.6) is 11.5 Å². The van der Waals surface area contributed by atoms with Crippen LogP contribution in [0.2, 0.25) is 0 Å². The molecule has 2 nitrogen and oxygen atoms in total. The predicted molar refractivity (Wildman–Crippen MR) is 79.8 cm³/mol. The average Bonchev–Trinajstić information content (AvgIpc) is 2.43. The molecule has 0 aliphatic carbocycles. The monoisotopic (exact) mass is 255 g/mol. The van der Waals surface area contributed by atoms with Crippen molar-refractivity contribution >= 4 is 0 Å². The summed E-state index contributed by atoms with van der Waals surface area (Å²) >= 11 is 0. The Morgan fingerprint density at radius 3 is 2.53 bits per heavy atom. The van der Waals surface area contributed by atoms with Crippen molar-refractivity contribution in [2.75, 3.05) is 7.05 Å². The van der Waals surface area contributed by atoms with E-state index in [0.717, 1.165) is 24.5 Å². The van der Waals surface area contributed by atoms with Crippen molar-refractivity contribution < 1.29 is 4.74 Å². The highest BCUT2D eigenvalue weighted by Gasteiger charge is 2.04. The molecule has 1 N–H and O–H groups in total. The van der Waals surface area contributed by atoms with Crippen LogP contribution < -0.4 is 10.1 Å². The van der Waals surface area contributed by atoms with E-state index >= 15 is 0 Å². The van der Waals surface area contributed by atoms with E-state index in [-0.39, 0.29) is 0 Å². The van der Waals surface area contributed by atoms with Gasteiger partial charge in [-0.1, -0.05) is 31.2 Å². The van der Waals surface area contributed by atoms with Crippen molar-refractivity contribution in [2.45, 2.75) is 26.8 Å². The van der Waals surface area contributed by atoms with Gasteiger partial charge in [-0.2, -0.15) is 0 Å². The third kappa shape index (κ3) is 3.36. The molecule has 0 heterocycles. The number of ether oxygens (including phenoxy) is 1. The lowest BCUT2D eigenvalue weighted by atomic mass is 10.1. The van der Waals surface area contributed by atoms with E-state index < -0.39 is 0 Å². The van der Waals surface area contributed by atoms with E-state index in [0.29, 0.717) is 0 Å². The van der Waals surface area contributed by atoms with Crippen LogP contribution in [0.3, 0.4) is 0 Å². The maximum Gasteiger partial charge on any atom is 0.130 e. The van der Waals surface area contributed by atoms with Crippen LogP contribution in [-0.2, 0) is 13.0 Å². The molecule has 0 fully saturated rings. The van der Waals surface area contributed by atoms with Crippen LogP contribution in [0.1, 0.15) is 23.6 Å². The molecule has 0 aliphatic rings. The molecule has 0 spiro atoms. The van der Waals surface area contributed by atoms with E-state index in [9.17, 15) is 0 Å². The van der Waals surface area contributed by atoms with Gasteiger partial charge >= 0.3 is 0 Å². The molecule has 0 atom stereocenters. The zero-order valence-corrected chi connectivity index (χ0v) is 11.9. The molecule has 2 heteroatoms. The second kappa shape index (κ2) is 6.39. The van der Waals surface area contributed by atoms with Crippen molar-refractivity contribution in [1.82, 2.24) is 5.32 Å². The number of para-hydroxylation sites is 1. The van der Waals surface area contributed by atoms with Crippen LogP contribution in [0.25, 0.3) is 0 Å². The molecule has 0 aromatic heterocycles. The van der Waals surface area contributed by atoms with Gasteiger partial charge in [0.05, 0.1) is 0 Å². The maximum atomic E-state index is 5.99. The van der Waals surface area contributed by atoms with Crippen molar-refractivity contribution in [1.29, 1.82) is 0 Å². The SMILES string of the molecule is CCc1ccccc1Oc1ccc(CNC)c(C)c1. The minimum atomic E-state index is 0.887. The van der Waals surface area contributed by atoms with Gasteiger partial charge in [0.2, 0.25) is 0 Å². The number of hydrogen-bond acceptors (Lipinski definition) is 2. The number of hydrogen-bond donors (Lipinski definition) is 1. The Labute approximate surface area is 115 Å². The smallest absolute Gasteiger partial charge is 0.130 e. The normalized spacial score (nSPS) is 10.5. The summed E-state index contributed by atoms with van der Waals surface area (Å²) in [5, 5.41) is 3.17. The highest BCUT2D eigenvalue weighted by molar-refractivity contribution is 5.40. The van der Waals surface area contributed by atoms with Gasteiger partial charge in [0, 0.05) is 6.54 Å². The Hall–Kier alpha value is -1.80. The molecule has 2 aromatic carbocycles. The van der Waals surface area contributed by atoms with E-state index in [1.807, 2.05) is 31.3 Å². The van der Waals surface area contributed by atoms with E-state index in [4.69, 9.17) is 4.74 Å². The molecule has 0 amide bonds. The Morgan fingerprint density at radius 1 is 1.05 bits per heavy atom. The summed E-state index contributed by atoms with van der Waals surface area (Å²) in [7, 11) is 1.96. The highest BCUT2D eigenvalue weighted by Crippen LogP contribution is 2.27. The van der Waals surface area contributed by atoms with Gasteiger partial charge < -0.3 is 10.1 Å². The molecule has 0 saturated carbocycles. The van der Waals surface area contributed by atoms with Gasteiger partial charge in [-0.25, -0.2) is 0 Å². The van der Waals surface area contributed by atoms with Crippen molar-refractivity contribution in [3.63, 3.8) is 0 Å². The van der Waals surface area contributed by atoms with Crippen LogP contribution in [0, 0.1) is 6.92 Å². The molecule has 0 saturated heterocycles. The lowest BCUT2D eigenvalue weighted by Crippen LogP contribution is -2.06. The first-order valence-corrected chi connectivity index (χ1v) is 6.74. The predicted octanol–water partition coefficient (Wildman–Crippen LogP) is 4.07. The number of aryl methyl sites for hydroxylation is 2. The van der Waals surface area contributed by atoms with Gasteiger partial charge in [-0.3, -0.25) is 0 Å². The molecule has 2 rings (SSSR count). The first-order valence-electron chi connectivity index (χ1n) is 6.74. The third-order valence-corrected chi connectivity index (χ3v) is 3.26. The second-order valence-corrected chi connectivity index (χ2v) is 4.68. The fourth-order valence-corrected chi connectivity index (χ4v) is 2.14. The Kier molecular flexibility index (Phi) is 4.58. The Morgan fingerprint density at radius 2 is 1.84 bits per heavy atom. The molecule has 19 heavy (non-hydrogen) atoms. The van der Waals surface area contributed by atoms with Gasteiger partial charge in [-0.05, 0) is 55.3 Å². The van der Waals surface area contributed by atoms with Crippen molar-refractivity contribution in [3.05, 3.63) is 59.2 Å². The maximum absolute atomic E-state index is 5.99. The first-order chi connectivity index (χ1) is 9.24. The minimum absolute atomic E-state index is 0.887. The lowest BCUT2D eigenvalue weighted by Gasteiger charge is -2.12. The molecule has 0 radical (unpaired) electrons. The standard InChI is InChI=1S/C17H21NO/c1-4-14-7-5-6-8-17(14)19-16-10-9-15(12-18-3)13(2)11-16/h5-11,18H,4,12H2,1-3H3.